The number of hydrogen-bond donors (Lipinski definition) is 2. The molecule has 134 valence electrons. The van der Waals surface area contributed by atoms with Gasteiger partial charge in [-0.2, -0.15) is 4.99 Å². The van der Waals surface area contributed by atoms with Gasteiger partial charge < -0.3 is 10.6 Å². The highest BCUT2D eigenvalue weighted by Gasteiger charge is 2.16. The zero-order valence-corrected chi connectivity index (χ0v) is 16.7. The van der Waals surface area contributed by atoms with Crippen molar-refractivity contribution in [3.05, 3.63) is 75.5 Å². The van der Waals surface area contributed by atoms with E-state index in [9.17, 15) is 0 Å². The average Bonchev–Trinajstić information content (AvgIpc) is 2.59. The van der Waals surface area contributed by atoms with Gasteiger partial charge in [-0.15, -0.1) is 0 Å². The molecular formula is C19H18Cl2N4S. The highest BCUT2D eigenvalue weighted by atomic mass is 35.5. The van der Waals surface area contributed by atoms with Crippen LogP contribution in [0.1, 0.15) is 18.1 Å². The van der Waals surface area contributed by atoms with Crippen molar-refractivity contribution in [3.8, 4) is 0 Å². The minimum absolute atomic E-state index is 0.557. The molecule has 0 amide bonds. The van der Waals surface area contributed by atoms with Crippen molar-refractivity contribution in [1.82, 2.24) is 5.32 Å². The van der Waals surface area contributed by atoms with Crippen molar-refractivity contribution in [3.63, 3.8) is 0 Å². The molecule has 0 radical (unpaired) electrons. The summed E-state index contributed by atoms with van der Waals surface area (Å²) in [6.45, 7) is 4.68. The van der Waals surface area contributed by atoms with Crippen LogP contribution in [-0.4, -0.2) is 10.3 Å². The van der Waals surface area contributed by atoms with E-state index >= 15 is 0 Å². The molecule has 0 aliphatic carbocycles. The topological polar surface area (TPSA) is 48.8 Å². The fourth-order valence-corrected chi connectivity index (χ4v) is 3.04. The molecule has 1 aliphatic heterocycles. The zero-order chi connectivity index (χ0) is 18.5. The first kappa shape index (κ1) is 18.8. The number of nitrogens with zero attached hydrogens (tertiary/aromatic N) is 2. The third-order valence-corrected chi connectivity index (χ3v) is 5.12. The molecule has 0 fully saturated rings. The third-order valence-electron chi connectivity index (χ3n) is 3.61. The summed E-state index contributed by atoms with van der Waals surface area (Å²) in [5.74, 6) is 0. The lowest BCUT2D eigenvalue weighted by atomic mass is 10.2. The lowest BCUT2D eigenvalue weighted by Crippen LogP contribution is -2.19. The summed E-state index contributed by atoms with van der Waals surface area (Å²) in [4.78, 5) is 8.72. The maximum Gasteiger partial charge on any atom is 0.197 e. The Kier molecular flexibility index (Phi) is 6.25. The van der Waals surface area contributed by atoms with Crippen LogP contribution >= 0.6 is 35.0 Å². The first-order valence-corrected chi connectivity index (χ1v) is 9.59. The van der Waals surface area contributed by atoms with E-state index in [2.05, 4.69) is 39.7 Å². The summed E-state index contributed by atoms with van der Waals surface area (Å²) < 4.78 is 0. The number of nitrogens with one attached hydrogen (secondary N) is 2. The van der Waals surface area contributed by atoms with Crippen LogP contribution in [0.15, 0.2) is 64.3 Å². The normalized spacial score (nSPS) is 15.5. The number of thioether (sulfide) groups is 1. The van der Waals surface area contributed by atoms with Crippen molar-refractivity contribution in [2.24, 2.45) is 9.98 Å². The van der Waals surface area contributed by atoms with Gasteiger partial charge in [0.25, 0.3) is 0 Å². The summed E-state index contributed by atoms with van der Waals surface area (Å²) in [7, 11) is 0. The van der Waals surface area contributed by atoms with Crippen molar-refractivity contribution < 1.29 is 0 Å². The van der Waals surface area contributed by atoms with E-state index in [0.29, 0.717) is 16.6 Å². The fourth-order valence-electron chi connectivity index (χ4n) is 2.14. The van der Waals surface area contributed by atoms with Crippen LogP contribution < -0.4 is 10.6 Å². The van der Waals surface area contributed by atoms with Crippen molar-refractivity contribution in [2.75, 3.05) is 5.32 Å². The molecular weight excluding hydrogens is 387 g/mol. The number of aliphatic imine (C=N–C) groups is 2. The molecule has 0 bridgehead atoms. The van der Waals surface area contributed by atoms with Gasteiger partial charge in [-0.1, -0.05) is 47.0 Å². The molecule has 3 rings (SSSR count). The van der Waals surface area contributed by atoms with Gasteiger partial charge in [-0.25, -0.2) is 4.99 Å². The van der Waals surface area contributed by atoms with Crippen molar-refractivity contribution in [1.29, 1.82) is 0 Å². The Morgan fingerprint density at radius 1 is 1.15 bits per heavy atom. The van der Waals surface area contributed by atoms with Crippen LogP contribution in [0, 0.1) is 6.92 Å². The molecule has 0 saturated carbocycles. The minimum atomic E-state index is 0.557. The number of halogens is 2. The van der Waals surface area contributed by atoms with E-state index in [1.54, 1.807) is 12.3 Å². The largest absolute Gasteiger partial charge is 0.383 e. The quantitative estimate of drug-likeness (QED) is 0.659. The molecule has 0 spiro atoms. The first-order valence-electron chi connectivity index (χ1n) is 8.02. The van der Waals surface area contributed by atoms with E-state index in [0.717, 1.165) is 27.3 Å². The Morgan fingerprint density at radius 3 is 2.58 bits per heavy atom. The summed E-state index contributed by atoms with van der Waals surface area (Å²) in [5.41, 5.74) is 4.26. The number of rotatable bonds is 5. The molecule has 1 aliphatic rings. The van der Waals surface area contributed by atoms with Crippen LogP contribution in [0.5, 0.6) is 0 Å². The monoisotopic (exact) mass is 404 g/mol. The Hall–Kier alpha value is -1.95. The molecule has 4 nitrogen and oxygen atoms in total. The maximum absolute atomic E-state index is 6.02. The van der Waals surface area contributed by atoms with Crippen LogP contribution in [0.4, 0.5) is 5.69 Å². The number of aryl methyl sites for hydroxylation is 1. The molecule has 2 N–H and O–H groups in total. The highest BCUT2D eigenvalue weighted by molar-refractivity contribution is 8.29. The van der Waals surface area contributed by atoms with Gasteiger partial charge in [0, 0.05) is 24.1 Å². The van der Waals surface area contributed by atoms with Crippen LogP contribution in [0.3, 0.4) is 0 Å². The molecule has 0 atom stereocenters. The van der Waals surface area contributed by atoms with Gasteiger partial charge in [0.15, 0.2) is 10.3 Å². The Bertz CT molecular complexity index is 889. The second-order valence-electron chi connectivity index (χ2n) is 5.84. The number of allylic oxidation sites excluding steroid dienone is 1. The Balaban J connectivity index is 1.50. The molecule has 26 heavy (non-hydrogen) atoms. The number of benzene rings is 2. The Labute approximate surface area is 167 Å². The summed E-state index contributed by atoms with van der Waals surface area (Å²) in [5, 5.41) is 9.23. The predicted molar refractivity (Wildman–Crippen MR) is 114 cm³/mol. The molecule has 0 unspecified atom stereocenters. The summed E-state index contributed by atoms with van der Waals surface area (Å²) in [6.07, 6.45) is 1.77. The van der Waals surface area contributed by atoms with E-state index < -0.39 is 0 Å². The van der Waals surface area contributed by atoms with Gasteiger partial charge in [0.2, 0.25) is 0 Å². The van der Waals surface area contributed by atoms with Crippen LogP contribution in [0.2, 0.25) is 10.0 Å². The molecule has 2 aromatic rings. The van der Waals surface area contributed by atoms with Gasteiger partial charge in [0.1, 0.15) is 0 Å². The predicted octanol–water partition coefficient (Wildman–Crippen LogP) is 5.82. The standard InChI is InChI=1S/C19H18Cl2N4S/c1-12-3-6-15(7-4-12)24-19-25-18(26-19)23-10-13(2)22-11-14-5-8-16(20)17(21)9-14/h3-10,22H,11H2,1-2H3,(H,23,24,25). The molecule has 0 saturated heterocycles. The van der Waals surface area contributed by atoms with Crippen LogP contribution in [-0.2, 0) is 6.54 Å². The Morgan fingerprint density at radius 2 is 1.88 bits per heavy atom. The molecule has 2 aromatic carbocycles. The zero-order valence-electron chi connectivity index (χ0n) is 14.4. The number of anilines is 1. The SMILES string of the molecule is CC(=CN=C1N=C(Nc2ccc(C)cc2)S1)NCc1ccc(Cl)c(Cl)c1. The summed E-state index contributed by atoms with van der Waals surface area (Å²) in [6, 6.07) is 13.8. The lowest BCUT2D eigenvalue weighted by molar-refractivity contribution is 0.808. The molecule has 1 heterocycles. The van der Waals surface area contributed by atoms with Gasteiger partial charge in [-0.05, 0) is 55.4 Å². The molecule has 0 aromatic heterocycles. The number of amidine groups is 2. The van der Waals surface area contributed by atoms with Crippen LogP contribution in [0.25, 0.3) is 0 Å². The third kappa shape index (κ3) is 5.27. The van der Waals surface area contributed by atoms with Crippen molar-refractivity contribution >= 4 is 51.0 Å². The van der Waals surface area contributed by atoms with Crippen molar-refractivity contribution in [2.45, 2.75) is 20.4 Å². The second-order valence-corrected chi connectivity index (χ2v) is 7.61. The second kappa shape index (κ2) is 8.62. The van der Waals surface area contributed by atoms with E-state index in [-0.39, 0.29) is 0 Å². The van der Waals surface area contributed by atoms with Gasteiger partial charge >= 0.3 is 0 Å². The number of hydrogen-bond acceptors (Lipinski definition) is 4. The minimum Gasteiger partial charge on any atom is -0.383 e. The van der Waals surface area contributed by atoms with Gasteiger partial charge in [0.05, 0.1) is 10.0 Å². The molecule has 7 heteroatoms. The van der Waals surface area contributed by atoms with E-state index in [1.165, 1.54) is 17.3 Å². The fraction of sp³-hybridized carbons (Fsp3) is 0.158. The van der Waals surface area contributed by atoms with Gasteiger partial charge in [-0.3, -0.25) is 0 Å². The van der Waals surface area contributed by atoms with E-state index in [4.69, 9.17) is 23.2 Å². The highest BCUT2D eigenvalue weighted by Crippen LogP contribution is 2.23. The average molecular weight is 405 g/mol. The lowest BCUT2D eigenvalue weighted by Gasteiger charge is -2.16. The summed E-state index contributed by atoms with van der Waals surface area (Å²) >= 11 is 13.5. The maximum atomic E-state index is 6.02. The van der Waals surface area contributed by atoms with E-state index in [1.807, 2.05) is 31.2 Å². The smallest absolute Gasteiger partial charge is 0.197 e. The first-order chi connectivity index (χ1) is 12.5.